The van der Waals surface area contributed by atoms with Gasteiger partial charge in [-0.2, -0.15) is 13.2 Å². The first-order valence-corrected chi connectivity index (χ1v) is 10.0. The highest BCUT2D eigenvalue weighted by atomic mass is 32.2. The van der Waals surface area contributed by atoms with Gasteiger partial charge in [-0.1, -0.05) is 12.1 Å². The van der Waals surface area contributed by atoms with Crippen LogP contribution in [0.15, 0.2) is 42.5 Å². The fourth-order valence-electron chi connectivity index (χ4n) is 2.82. The summed E-state index contributed by atoms with van der Waals surface area (Å²) in [5.41, 5.74) is -1.00. The summed E-state index contributed by atoms with van der Waals surface area (Å²) in [7, 11) is -3.25. The van der Waals surface area contributed by atoms with Crippen LogP contribution < -0.4 is 10.1 Å². The minimum atomic E-state index is -4.66. The zero-order valence-corrected chi connectivity index (χ0v) is 15.1. The van der Waals surface area contributed by atoms with Crippen LogP contribution in [0, 0.1) is 11.7 Å². The number of hydrogen-bond acceptors (Lipinski definition) is 4. The number of alkyl halides is 3. The first kappa shape index (κ1) is 20.1. The molecule has 0 bridgehead atoms. The molecule has 1 N–H and O–H groups in total. The molecule has 2 aromatic rings. The summed E-state index contributed by atoms with van der Waals surface area (Å²) < 4.78 is 81.2. The van der Waals surface area contributed by atoms with Crippen molar-refractivity contribution in [3.63, 3.8) is 0 Å². The second-order valence-corrected chi connectivity index (χ2v) is 8.56. The number of benzene rings is 2. The molecule has 150 valence electrons. The molecule has 1 heterocycles. The first-order valence-electron chi connectivity index (χ1n) is 8.20. The van der Waals surface area contributed by atoms with E-state index in [1.807, 2.05) is 0 Å². The van der Waals surface area contributed by atoms with Crippen LogP contribution >= 0.6 is 0 Å². The van der Waals surface area contributed by atoms with E-state index in [2.05, 4.69) is 5.32 Å². The summed E-state index contributed by atoms with van der Waals surface area (Å²) in [6, 6.07) is 7.64. The number of carbonyl (C=O) groups is 1. The minimum Gasteiger partial charge on any atom is -0.454 e. The Morgan fingerprint density at radius 1 is 1.11 bits per heavy atom. The average Bonchev–Trinajstić information content (AvgIpc) is 2.97. The molecule has 10 heteroatoms. The third-order valence-electron chi connectivity index (χ3n) is 4.22. The van der Waals surface area contributed by atoms with Crippen LogP contribution in [0.25, 0.3) is 0 Å². The van der Waals surface area contributed by atoms with Gasteiger partial charge in [-0.15, -0.1) is 0 Å². The Bertz CT molecular complexity index is 1000. The van der Waals surface area contributed by atoms with E-state index < -0.39 is 50.7 Å². The highest BCUT2D eigenvalue weighted by Gasteiger charge is 2.35. The number of halogens is 4. The van der Waals surface area contributed by atoms with E-state index in [0.717, 1.165) is 24.3 Å². The molecule has 0 radical (unpaired) electrons. The summed E-state index contributed by atoms with van der Waals surface area (Å²) in [4.78, 5) is 12.1. The zero-order chi connectivity index (χ0) is 20.5. The lowest BCUT2D eigenvalue weighted by molar-refractivity contribution is -0.138. The number of sulfone groups is 1. The highest BCUT2D eigenvalue weighted by Crippen LogP contribution is 2.38. The SMILES string of the molecule is O=C(Nc1ccc(Oc2ccccc2C(F)(F)F)c(F)c1)C1CCS(=O)(=O)C1. The highest BCUT2D eigenvalue weighted by molar-refractivity contribution is 7.91. The maximum atomic E-state index is 14.3. The molecule has 5 nitrogen and oxygen atoms in total. The molecule has 1 amide bonds. The Labute approximate surface area is 158 Å². The van der Waals surface area contributed by atoms with Gasteiger partial charge >= 0.3 is 6.18 Å². The molecular weight excluding hydrogens is 402 g/mol. The van der Waals surface area contributed by atoms with Gasteiger partial charge in [0, 0.05) is 11.8 Å². The van der Waals surface area contributed by atoms with Crippen LogP contribution in [0.4, 0.5) is 23.2 Å². The molecule has 1 fully saturated rings. The fraction of sp³-hybridized carbons (Fsp3) is 0.278. The van der Waals surface area contributed by atoms with E-state index in [0.29, 0.717) is 0 Å². The lowest BCUT2D eigenvalue weighted by atomic mass is 10.1. The first-order chi connectivity index (χ1) is 13.0. The summed E-state index contributed by atoms with van der Waals surface area (Å²) in [6.45, 7) is 0. The van der Waals surface area contributed by atoms with Gasteiger partial charge in [-0.3, -0.25) is 4.79 Å². The van der Waals surface area contributed by atoms with Gasteiger partial charge in [0.1, 0.15) is 5.75 Å². The molecule has 1 aliphatic heterocycles. The van der Waals surface area contributed by atoms with Crippen molar-refractivity contribution < 1.29 is 35.5 Å². The number of para-hydroxylation sites is 1. The number of carbonyl (C=O) groups excluding carboxylic acids is 1. The van der Waals surface area contributed by atoms with Crippen molar-refractivity contribution in [1.29, 1.82) is 0 Å². The maximum Gasteiger partial charge on any atom is 0.419 e. The third kappa shape index (κ3) is 4.61. The van der Waals surface area contributed by atoms with E-state index in [9.17, 15) is 30.8 Å². The van der Waals surface area contributed by atoms with Crippen LogP contribution in [-0.2, 0) is 20.8 Å². The second-order valence-electron chi connectivity index (χ2n) is 6.33. The molecule has 0 saturated carbocycles. The Morgan fingerprint density at radius 2 is 1.82 bits per heavy atom. The smallest absolute Gasteiger partial charge is 0.419 e. The molecule has 1 unspecified atom stereocenters. The number of nitrogens with one attached hydrogen (secondary N) is 1. The largest absolute Gasteiger partial charge is 0.454 e. The molecule has 2 aromatic carbocycles. The Hall–Kier alpha value is -2.62. The van der Waals surface area contributed by atoms with Crippen LogP contribution in [0.3, 0.4) is 0 Å². The molecule has 1 atom stereocenters. The van der Waals surface area contributed by atoms with E-state index in [1.165, 1.54) is 18.2 Å². The normalized spacial score (nSPS) is 18.6. The molecule has 3 rings (SSSR count). The van der Waals surface area contributed by atoms with E-state index in [-0.39, 0.29) is 23.6 Å². The zero-order valence-electron chi connectivity index (χ0n) is 14.3. The fourth-order valence-corrected chi connectivity index (χ4v) is 4.56. The van der Waals surface area contributed by atoms with Gasteiger partial charge in [0.25, 0.3) is 0 Å². The monoisotopic (exact) mass is 417 g/mol. The van der Waals surface area contributed by atoms with Gasteiger partial charge in [-0.25, -0.2) is 12.8 Å². The minimum absolute atomic E-state index is 0.0447. The summed E-state index contributed by atoms with van der Waals surface area (Å²) in [6.07, 6.45) is -4.48. The van der Waals surface area contributed by atoms with E-state index in [4.69, 9.17) is 4.74 Å². The summed E-state index contributed by atoms with van der Waals surface area (Å²) in [5.74, 6) is -3.60. The maximum absolute atomic E-state index is 14.3. The van der Waals surface area contributed by atoms with Crippen molar-refractivity contribution in [2.24, 2.45) is 5.92 Å². The van der Waals surface area contributed by atoms with Crippen LogP contribution in [-0.4, -0.2) is 25.8 Å². The van der Waals surface area contributed by atoms with Crippen molar-refractivity contribution in [2.45, 2.75) is 12.6 Å². The number of anilines is 1. The van der Waals surface area contributed by atoms with Crippen molar-refractivity contribution >= 4 is 21.4 Å². The molecule has 0 spiro atoms. The van der Waals surface area contributed by atoms with Crippen LogP contribution in [0.2, 0.25) is 0 Å². The van der Waals surface area contributed by atoms with Crippen molar-refractivity contribution in [1.82, 2.24) is 0 Å². The van der Waals surface area contributed by atoms with Crippen LogP contribution in [0.1, 0.15) is 12.0 Å². The third-order valence-corrected chi connectivity index (χ3v) is 5.98. The molecule has 0 aromatic heterocycles. The quantitative estimate of drug-likeness (QED) is 0.763. The Kier molecular flexibility index (Phi) is 5.33. The van der Waals surface area contributed by atoms with Gasteiger partial charge in [-0.05, 0) is 30.7 Å². The molecular formula is C18H15F4NO4S. The number of rotatable bonds is 4. The van der Waals surface area contributed by atoms with E-state index >= 15 is 0 Å². The average molecular weight is 417 g/mol. The summed E-state index contributed by atoms with van der Waals surface area (Å²) >= 11 is 0. The Balaban J connectivity index is 1.74. The molecule has 28 heavy (non-hydrogen) atoms. The Morgan fingerprint density at radius 3 is 2.43 bits per heavy atom. The van der Waals surface area contributed by atoms with Crippen LogP contribution in [0.5, 0.6) is 11.5 Å². The van der Waals surface area contributed by atoms with Gasteiger partial charge in [0.2, 0.25) is 5.91 Å². The second kappa shape index (κ2) is 7.42. The van der Waals surface area contributed by atoms with Crippen molar-refractivity contribution in [3.05, 3.63) is 53.8 Å². The lowest BCUT2D eigenvalue weighted by Crippen LogP contribution is -2.23. The number of hydrogen-bond donors (Lipinski definition) is 1. The summed E-state index contributed by atoms with van der Waals surface area (Å²) in [5, 5.41) is 2.41. The van der Waals surface area contributed by atoms with Gasteiger partial charge < -0.3 is 10.1 Å². The molecule has 0 aliphatic carbocycles. The number of ether oxygens (including phenoxy) is 1. The van der Waals surface area contributed by atoms with Gasteiger partial charge in [0.05, 0.1) is 23.0 Å². The number of amides is 1. The van der Waals surface area contributed by atoms with Crippen molar-refractivity contribution in [2.75, 3.05) is 16.8 Å². The molecule has 1 saturated heterocycles. The topological polar surface area (TPSA) is 72.5 Å². The van der Waals surface area contributed by atoms with Crippen molar-refractivity contribution in [3.8, 4) is 11.5 Å². The standard InChI is InChI=1S/C18H15F4NO4S/c19-14-9-12(23-17(24)11-7-8-28(25,26)10-11)5-6-16(14)27-15-4-2-1-3-13(15)18(20,21)22/h1-6,9,11H,7-8,10H2,(H,23,24). The van der Waals surface area contributed by atoms with E-state index in [1.54, 1.807) is 0 Å². The molecule has 1 aliphatic rings. The van der Waals surface area contributed by atoms with Gasteiger partial charge in [0.15, 0.2) is 21.4 Å². The predicted molar refractivity (Wildman–Crippen MR) is 93.3 cm³/mol. The predicted octanol–water partition coefficient (Wildman–Crippen LogP) is 4.01. The lowest BCUT2D eigenvalue weighted by Gasteiger charge is -2.15.